The molecule has 1 aliphatic heterocycles. The Kier molecular flexibility index (Phi) is 2.30. The average Bonchev–Trinajstić information content (AvgIpc) is 2.91. The summed E-state index contributed by atoms with van der Waals surface area (Å²) in [4.78, 5) is 0. The Morgan fingerprint density at radius 1 is 1.24 bits per heavy atom. The Hall–Kier alpha value is -0.0800. The van der Waals surface area contributed by atoms with E-state index in [1.54, 1.807) is 0 Å². The molecule has 0 unspecified atom stereocenters. The first-order valence-electron chi connectivity index (χ1n) is 7.21. The molecule has 0 aromatic carbocycles. The number of hydrogen-bond donors (Lipinski definition) is 1. The lowest BCUT2D eigenvalue weighted by Crippen LogP contribution is -2.53. The Balaban J connectivity index is 1.92. The van der Waals surface area contributed by atoms with Crippen LogP contribution in [0.1, 0.15) is 59.8 Å². The SMILES string of the molecule is C[C@H]1CCC[C@@]2(C)CC[C@H](C(C)(C)O)[C@H]3O[C@@]312. The van der Waals surface area contributed by atoms with Gasteiger partial charge in [-0.3, -0.25) is 0 Å². The van der Waals surface area contributed by atoms with Gasteiger partial charge in [0.1, 0.15) is 5.60 Å². The molecule has 5 atom stereocenters. The van der Waals surface area contributed by atoms with E-state index in [4.69, 9.17) is 4.74 Å². The minimum Gasteiger partial charge on any atom is -0.390 e. The number of aliphatic hydroxyl groups is 1. The largest absolute Gasteiger partial charge is 0.390 e. The summed E-state index contributed by atoms with van der Waals surface area (Å²) in [5.74, 6) is 0.993. The minimum atomic E-state index is -0.591. The van der Waals surface area contributed by atoms with Crippen LogP contribution in [0.25, 0.3) is 0 Å². The van der Waals surface area contributed by atoms with Crippen LogP contribution in [0.15, 0.2) is 0 Å². The quantitative estimate of drug-likeness (QED) is 0.712. The Morgan fingerprint density at radius 2 is 1.94 bits per heavy atom. The van der Waals surface area contributed by atoms with E-state index in [9.17, 15) is 5.11 Å². The molecule has 3 aliphatic rings. The zero-order valence-electron chi connectivity index (χ0n) is 11.6. The average molecular weight is 238 g/mol. The van der Waals surface area contributed by atoms with E-state index in [0.717, 1.165) is 6.42 Å². The molecule has 1 N–H and O–H groups in total. The van der Waals surface area contributed by atoms with E-state index in [-0.39, 0.29) is 5.60 Å². The molecule has 2 aliphatic carbocycles. The number of hydrogen-bond acceptors (Lipinski definition) is 2. The van der Waals surface area contributed by atoms with Gasteiger partial charge >= 0.3 is 0 Å². The lowest BCUT2D eigenvalue weighted by atomic mass is 9.53. The van der Waals surface area contributed by atoms with Crippen LogP contribution in [0.5, 0.6) is 0 Å². The highest BCUT2D eigenvalue weighted by atomic mass is 16.6. The van der Waals surface area contributed by atoms with Gasteiger partial charge in [-0.15, -0.1) is 0 Å². The van der Waals surface area contributed by atoms with Crippen LogP contribution in [0, 0.1) is 17.3 Å². The van der Waals surface area contributed by atoms with Gasteiger partial charge in [0.15, 0.2) is 0 Å². The summed E-state index contributed by atoms with van der Waals surface area (Å²) < 4.78 is 6.26. The molecule has 98 valence electrons. The number of epoxide rings is 1. The molecule has 0 bridgehead atoms. The maximum absolute atomic E-state index is 10.3. The fraction of sp³-hybridized carbons (Fsp3) is 1.00. The first-order chi connectivity index (χ1) is 7.81. The predicted molar refractivity (Wildman–Crippen MR) is 67.7 cm³/mol. The first-order valence-corrected chi connectivity index (χ1v) is 7.21. The van der Waals surface area contributed by atoms with Gasteiger partial charge < -0.3 is 9.84 Å². The fourth-order valence-electron chi connectivity index (χ4n) is 4.91. The molecular formula is C15H26O2. The lowest BCUT2D eigenvalue weighted by Gasteiger charge is -2.49. The second-order valence-corrected chi connectivity index (χ2v) is 7.48. The molecule has 3 fully saturated rings. The molecule has 2 nitrogen and oxygen atoms in total. The second kappa shape index (κ2) is 3.27. The maximum atomic E-state index is 10.3. The molecule has 2 saturated carbocycles. The van der Waals surface area contributed by atoms with Crippen molar-refractivity contribution in [1.82, 2.24) is 0 Å². The summed E-state index contributed by atoms with van der Waals surface area (Å²) in [6.45, 7) is 8.67. The van der Waals surface area contributed by atoms with Gasteiger partial charge in [0.05, 0.1) is 11.7 Å². The van der Waals surface area contributed by atoms with Crippen LogP contribution in [-0.4, -0.2) is 22.4 Å². The van der Waals surface area contributed by atoms with Crippen molar-refractivity contribution in [1.29, 1.82) is 0 Å². The van der Waals surface area contributed by atoms with Crippen LogP contribution in [0.2, 0.25) is 0 Å². The summed E-state index contributed by atoms with van der Waals surface area (Å²) in [5.41, 5.74) is -0.113. The molecule has 17 heavy (non-hydrogen) atoms. The van der Waals surface area contributed by atoms with Crippen molar-refractivity contribution < 1.29 is 9.84 Å². The van der Waals surface area contributed by atoms with Crippen LogP contribution >= 0.6 is 0 Å². The highest BCUT2D eigenvalue weighted by Gasteiger charge is 2.74. The smallest absolute Gasteiger partial charge is 0.103 e. The van der Waals surface area contributed by atoms with E-state index in [1.165, 1.54) is 25.7 Å². The van der Waals surface area contributed by atoms with Gasteiger partial charge in [0, 0.05) is 5.92 Å². The van der Waals surface area contributed by atoms with Crippen LogP contribution in [0.3, 0.4) is 0 Å². The van der Waals surface area contributed by atoms with Crippen molar-refractivity contribution in [2.75, 3.05) is 0 Å². The van der Waals surface area contributed by atoms with Gasteiger partial charge in [0.2, 0.25) is 0 Å². The molecule has 3 rings (SSSR count). The Morgan fingerprint density at radius 3 is 2.59 bits per heavy atom. The minimum absolute atomic E-state index is 0.105. The van der Waals surface area contributed by atoms with Crippen LogP contribution < -0.4 is 0 Å². The highest BCUT2D eigenvalue weighted by molar-refractivity contribution is 5.22. The molecule has 1 heterocycles. The number of rotatable bonds is 1. The van der Waals surface area contributed by atoms with Crippen molar-refractivity contribution in [2.45, 2.75) is 77.1 Å². The zero-order valence-corrected chi connectivity index (χ0v) is 11.6. The normalized spacial score (nSPS) is 53.8. The fourth-order valence-corrected chi connectivity index (χ4v) is 4.91. The van der Waals surface area contributed by atoms with Crippen LogP contribution in [-0.2, 0) is 4.74 Å². The van der Waals surface area contributed by atoms with Crippen molar-refractivity contribution in [3.63, 3.8) is 0 Å². The van der Waals surface area contributed by atoms with Gasteiger partial charge in [-0.25, -0.2) is 0 Å². The summed E-state index contributed by atoms with van der Waals surface area (Å²) in [5, 5.41) is 10.3. The Labute approximate surface area is 105 Å². The molecule has 0 aromatic heterocycles. The Bertz CT molecular complexity index is 332. The van der Waals surface area contributed by atoms with E-state index in [1.807, 2.05) is 13.8 Å². The zero-order chi connectivity index (χ0) is 12.5. The molecule has 0 radical (unpaired) electrons. The molecule has 2 heteroatoms. The van der Waals surface area contributed by atoms with Gasteiger partial charge in [0.25, 0.3) is 0 Å². The van der Waals surface area contributed by atoms with Crippen LogP contribution in [0.4, 0.5) is 0 Å². The number of ether oxygens (including phenoxy) is 1. The summed E-state index contributed by atoms with van der Waals surface area (Å²) in [6, 6.07) is 0. The molecule has 0 amide bonds. The van der Waals surface area contributed by atoms with Gasteiger partial charge in [-0.05, 0) is 50.9 Å². The van der Waals surface area contributed by atoms with Gasteiger partial charge in [-0.1, -0.05) is 20.3 Å². The van der Waals surface area contributed by atoms with E-state index >= 15 is 0 Å². The third kappa shape index (κ3) is 1.40. The predicted octanol–water partition coefficient (Wildman–Crippen LogP) is 3.13. The standard InChI is InChI=1S/C15H26O2/c1-10-6-5-8-14(4)9-7-11(13(2,3)16)12-15(10,14)17-12/h10-12,16H,5-9H2,1-4H3/t10-,11-,12+,14-,15+/m0/s1. The highest BCUT2D eigenvalue weighted by Crippen LogP contribution is 2.69. The van der Waals surface area contributed by atoms with E-state index in [2.05, 4.69) is 13.8 Å². The molecule has 0 aromatic rings. The maximum Gasteiger partial charge on any atom is 0.103 e. The third-order valence-electron chi connectivity index (χ3n) is 6.01. The van der Waals surface area contributed by atoms with Crippen molar-refractivity contribution in [3.8, 4) is 0 Å². The van der Waals surface area contributed by atoms with Gasteiger partial charge in [-0.2, -0.15) is 0 Å². The topological polar surface area (TPSA) is 32.8 Å². The van der Waals surface area contributed by atoms with Crippen molar-refractivity contribution in [3.05, 3.63) is 0 Å². The van der Waals surface area contributed by atoms with E-state index in [0.29, 0.717) is 23.4 Å². The summed E-state index contributed by atoms with van der Waals surface area (Å²) in [7, 11) is 0. The summed E-state index contributed by atoms with van der Waals surface area (Å²) in [6.07, 6.45) is 6.62. The van der Waals surface area contributed by atoms with Crippen molar-refractivity contribution >= 4 is 0 Å². The van der Waals surface area contributed by atoms with E-state index < -0.39 is 5.60 Å². The molecular weight excluding hydrogens is 212 g/mol. The van der Waals surface area contributed by atoms with Crippen molar-refractivity contribution in [2.24, 2.45) is 17.3 Å². The molecule has 1 spiro atoms. The summed E-state index contributed by atoms with van der Waals surface area (Å²) >= 11 is 0. The molecule has 1 saturated heterocycles. The third-order valence-corrected chi connectivity index (χ3v) is 6.01. The first kappa shape index (κ1) is 12.0. The lowest BCUT2D eigenvalue weighted by molar-refractivity contribution is -0.0345. The second-order valence-electron chi connectivity index (χ2n) is 7.48. The monoisotopic (exact) mass is 238 g/mol.